The quantitative estimate of drug-likeness (QED) is 0.470. The molecule has 0 aliphatic carbocycles. The summed E-state index contributed by atoms with van der Waals surface area (Å²) < 4.78 is 15.9. The summed E-state index contributed by atoms with van der Waals surface area (Å²) >= 11 is 2.02. The summed E-state index contributed by atoms with van der Waals surface area (Å²) in [5.74, 6) is 1.51. The molecule has 0 atom stereocenters. The number of rotatable bonds is 5. The topological polar surface area (TPSA) is 44.8 Å². The molecular formula is C11H13IO4. The molecule has 0 fully saturated rings. The maximum absolute atomic E-state index is 11.6. The maximum atomic E-state index is 11.6. The molecule has 0 aliphatic rings. The van der Waals surface area contributed by atoms with Crippen LogP contribution in [0.2, 0.25) is 0 Å². The SMILES string of the molecule is COc1cc(C(=O)CI)cc(OC)c1OC. The number of ether oxygens (including phenoxy) is 3. The van der Waals surface area contributed by atoms with Gasteiger partial charge in [-0.1, -0.05) is 22.6 Å². The number of benzene rings is 1. The Hall–Kier alpha value is -0.980. The summed E-state index contributed by atoms with van der Waals surface area (Å²) in [7, 11) is 4.57. The number of Topliss-reactive ketones (excluding diaryl/α,β-unsaturated/α-hetero) is 1. The Kier molecular flexibility index (Phi) is 4.85. The van der Waals surface area contributed by atoms with E-state index in [1.165, 1.54) is 21.3 Å². The van der Waals surface area contributed by atoms with Gasteiger partial charge in [-0.2, -0.15) is 0 Å². The molecule has 0 aliphatic heterocycles. The molecule has 0 N–H and O–H groups in total. The zero-order valence-corrected chi connectivity index (χ0v) is 11.5. The van der Waals surface area contributed by atoms with Crippen LogP contribution in [0.15, 0.2) is 12.1 Å². The van der Waals surface area contributed by atoms with E-state index in [0.29, 0.717) is 27.2 Å². The van der Waals surface area contributed by atoms with E-state index in [9.17, 15) is 4.79 Å². The van der Waals surface area contributed by atoms with E-state index < -0.39 is 0 Å². The smallest absolute Gasteiger partial charge is 0.203 e. The molecule has 0 saturated heterocycles. The van der Waals surface area contributed by atoms with Gasteiger partial charge >= 0.3 is 0 Å². The minimum absolute atomic E-state index is 0.0276. The van der Waals surface area contributed by atoms with Crippen molar-refractivity contribution >= 4 is 28.4 Å². The van der Waals surface area contributed by atoms with Crippen molar-refractivity contribution in [2.24, 2.45) is 0 Å². The summed E-state index contributed by atoms with van der Waals surface area (Å²) in [6, 6.07) is 3.31. The summed E-state index contributed by atoms with van der Waals surface area (Å²) in [6.45, 7) is 0. The number of ketones is 1. The third-order valence-corrected chi connectivity index (χ3v) is 2.80. The lowest BCUT2D eigenvalue weighted by Crippen LogP contribution is -2.03. The van der Waals surface area contributed by atoms with Crippen LogP contribution in [0.3, 0.4) is 0 Å². The van der Waals surface area contributed by atoms with Crippen molar-refractivity contribution in [3.8, 4) is 17.2 Å². The summed E-state index contributed by atoms with van der Waals surface area (Å²) in [6.07, 6.45) is 0. The van der Waals surface area contributed by atoms with Crippen molar-refractivity contribution in [3.05, 3.63) is 17.7 Å². The van der Waals surface area contributed by atoms with Crippen molar-refractivity contribution in [2.45, 2.75) is 0 Å². The van der Waals surface area contributed by atoms with Gasteiger partial charge in [-0.15, -0.1) is 0 Å². The average Bonchev–Trinajstić information content (AvgIpc) is 2.35. The van der Waals surface area contributed by atoms with E-state index in [2.05, 4.69) is 0 Å². The normalized spacial score (nSPS) is 9.75. The second kappa shape index (κ2) is 5.93. The van der Waals surface area contributed by atoms with Crippen molar-refractivity contribution in [1.29, 1.82) is 0 Å². The summed E-state index contributed by atoms with van der Waals surface area (Å²) in [4.78, 5) is 11.6. The number of hydrogen-bond donors (Lipinski definition) is 0. The Morgan fingerprint density at radius 1 is 1.12 bits per heavy atom. The van der Waals surface area contributed by atoms with Gasteiger partial charge in [0.05, 0.1) is 25.8 Å². The molecule has 1 aromatic carbocycles. The highest BCUT2D eigenvalue weighted by atomic mass is 127. The predicted molar refractivity (Wildman–Crippen MR) is 69.3 cm³/mol. The van der Waals surface area contributed by atoms with Crippen LogP contribution in [-0.2, 0) is 0 Å². The number of carbonyl (C=O) groups is 1. The highest BCUT2D eigenvalue weighted by molar-refractivity contribution is 14.1. The van der Waals surface area contributed by atoms with E-state index in [1.54, 1.807) is 12.1 Å². The second-order valence-electron chi connectivity index (χ2n) is 2.97. The van der Waals surface area contributed by atoms with E-state index in [0.717, 1.165) is 0 Å². The third-order valence-electron chi connectivity index (χ3n) is 2.11. The summed E-state index contributed by atoms with van der Waals surface area (Å²) in [5, 5.41) is 0. The van der Waals surface area contributed by atoms with Gasteiger partial charge in [-0.05, 0) is 12.1 Å². The average molecular weight is 336 g/mol. The first-order chi connectivity index (χ1) is 7.67. The molecule has 0 heterocycles. The van der Waals surface area contributed by atoms with Crippen LogP contribution in [0.1, 0.15) is 10.4 Å². The zero-order chi connectivity index (χ0) is 12.1. The van der Waals surface area contributed by atoms with Crippen LogP contribution in [0, 0.1) is 0 Å². The fraction of sp³-hybridized carbons (Fsp3) is 0.364. The number of methoxy groups -OCH3 is 3. The molecule has 0 saturated carbocycles. The molecule has 5 heteroatoms. The molecule has 0 aromatic heterocycles. The first-order valence-corrected chi connectivity index (χ1v) is 6.09. The van der Waals surface area contributed by atoms with Crippen molar-refractivity contribution in [1.82, 2.24) is 0 Å². The minimum atomic E-state index is 0.0276. The highest BCUT2D eigenvalue weighted by Gasteiger charge is 2.15. The molecule has 0 radical (unpaired) electrons. The van der Waals surface area contributed by atoms with Gasteiger partial charge in [0.1, 0.15) is 0 Å². The van der Waals surface area contributed by atoms with Gasteiger partial charge in [0.15, 0.2) is 17.3 Å². The third kappa shape index (κ3) is 2.58. The van der Waals surface area contributed by atoms with Gasteiger partial charge in [-0.3, -0.25) is 4.79 Å². The molecule has 4 nitrogen and oxygen atoms in total. The van der Waals surface area contributed by atoms with Crippen LogP contribution >= 0.6 is 22.6 Å². The van der Waals surface area contributed by atoms with Crippen molar-refractivity contribution < 1.29 is 19.0 Å². The number of alkyl halides is 1. The maximum Gasteiger partial charge on any atom is 0.203 e. The molecular weight excluding hydrogens is 323 g/mol. The van der Waals surface area contributed by atoms with Crippen LogP contribution < -0.4 is 14.2 Å². The molecule has 0 amide bonds. The molecule has 1 rings (SSSR count). The van der Waals surface area contributed by atoms with Crippen LogP contribution in [-0.4, -0.2) is 31.5 Å². The second-order valence-corrected chi connectivity index (χ2v) is 3.73. The summed E-state index contributed by atoms with van der Waals surface area (Å²) in [5.41, 5.74) is 0.559. The largest absolute Gasteiger partial charge is 0.493 e. The van der Waals surface area contributed by atoms with Crippen molar-refractivity contribution in [2.75, 3.05) is 25.8 Å². The lowest BCUT2D eigenvalue weighted by molar-refractivity contribution is 0.102. The Balaban J connectivity index is 3.31. The predicted octanol–water partition coefficient (Wildman–Crippen LogP) is 2.33. The first-order valence-electron chi connectivity index (χ1n) is 4.57. The van der Waals surface area contributed by atoms with Crippen LogP contribution in [0.4, 0.5) is 0 Å². The van der Waals surface area contributed by atoms with Gasteiger partial charge in [0.25, 0.3) is 0 Å². The number of carbonyl (C=O) groups excluding carboxylic acids is 1. The van der Waals surface area contributed by atoms with Gasteiger partial charge in [0.2, 0.25) is 5.75 Å². The standard InChI is InChI=1S/C11H13IO4/c1-14-9-4-7(8(13)6-12)5-10(15-2)11(9)16-3/h4-5H,6H2,1-3H3. The van der Waals surface area contributed by atoms with E-state index in [-0.39, 0.29) is 5.78 Å². The van der Waals surface area contributed by atoms with Crippen molar-refractivity contribution in [3.63, 3.8) is 0 Å². The molecule has 0 unspecified atom stereocenters. The molecule has 0 bridgehead atoms. The highest BCUT2D eigenvalue weighted by Crippen LogP contribution is 2.38. The Morgan fingerprint density at radius 3 is 1.94 bits per heavy atom. The minimum Gasteiger partial charge on any atom is -0.493 e. The zero-order valence-electron chi connectivity index (χ0n) is 9.37. The monoisotopic (exact) mass is 336 g/mol. The lowest BCUT2D eigenvalue weighted by Gasteiger charge is -2.13. The van der Waals surface area contributed by atoms with E-state index in [4.69, 9.17) is 14.2 Å². The fourth-order valence-corrected chi connectivity index (χ4v) is 1.76. The van der Waals surface area contributed by atoms with Gasteiger partial charge < -0.3 is 14.2 Å². The molecule has 0 spiro atoms. The molecule has 1 aromatic rings. The van der Waals surface area contributed by atoms with Gasteiger partial charge in [0, 0.05) is 5.56 Å². The fourth-order valence-electron chi connectivity index (χ4n) is 1.32. The van der Waals surface area contributed by atoms with Gasteiger partial charge in [-0.25, -0.2) is 0 Å². The number of hydrogen-bond acceptors (Lipinski definition) is 4. The number of halogens is 1. The molecule has 88 valence electrons. The molecule has 16 heavy (non-hydrogen) atoms. The van der Waals surface area contributed by atoms with Crippen LogP contribution in [0.5, 0.6) is 17.2 Å². The first kappa shape index (κ1) is 13.1. The van der Waals surface area contributed by atoms with E-state index in [1.807, 2.05) is 22.6 Å². The van der Waals surface area contributed by atoms with Crippen LogP contribution in [0.25, 0.3) is 0 Å². The Morgan fingerprint density at radius 2 is 1.62 bits per heavy atom. The Labute approximate surface area is 108 Å². The lowest BCUT2D eigenvalue weighted by atomic mass is 10.1. The Bertz CT molecular complexity index is 365. The van der Waals surface area contributed by atoms with E-state index >= 15 is 0 Å².